The Morgan fingerprint density at radius 1 is 1.06 bits per heavy atom. The van der Waals surface area contributed by atoms with Gasteiger partial charge in [0.05, 0.1) is 25.3 Å². The fraction of sp³-hybridized carbons (Fsp3) is 0.543. The van der Waals surface area contributed by atoms with Crippen molar-refractivity contribution in [2.45, 2.75) is 82.7 Å². The summed E-state index contributed by atoms with van der Waals surface area (Å²) in [5, 5.41) is 9.37. The van der Waals surface area contributed by atoms with Gasteiger partial charge < -0.3 is 30.4 Å². The molecule has 0 spiro atoms. The van der Waals surface area contributed by atoms with E-state index in [0.717, 1.165) is 37.7 Å². The van der Waals surface area contributed by atoms with Gasteiger partial charge in [-0.15, -0.1) is 0 Å². The van der Waals surface area contributed by atoms with Crippen LogP contribution in [0.4, 0.5) is 9.18 Å². The van der Waals surface area contributed by atoms with Gasteiger partial charge in [-0.25, -0.2) is 14.2 Å². The fourth-order valence-electron chi connectivity index (χ4n) is 7.47. The summed E-state index contributed by atoms with van der Waals surface area (Å²) >= 11 is 6.70. The minimum atomic E-state index is -1.35. The first-order valence-corrected chi connectivity index (χ1v) is 16.8. The molecule has 1 unspecified atom stereocenters. The molecule has 1 saturated heterocycles. The van der Waals surface area contributed by atoms with Crippen molar-refractivity contribution in [1.82, 2.24) is 25.9 Å². The third kappa shape index (κ3) is 5.97. The Hall–Kier alpha value is -3.70. The first-order valence-electron chi connectivity index (χ1n) is 16.4. The molecule has 10 nitrogen and oxygen atoms in total. The van der Waals surface area contributed by atoms with Crippen molar-refractivity contribution >= 4 is 40.5 Å². The third-order valence-electron chi connectivity index (χ3n) is 10.8. The Kier molecular flexibility index (Phi) is 8.99. The van der Waals surface area contributed by atoms with Gasteiger partial charge in [-0.2, -0.15) is 0 Å². The van der Waals surface area contributed by atoms with E-state index in [2.05, 4.69) is 27.9 Å². The van der Waals surface area contributed by atoms with Crippen molar-refractivity contribution in [2.24, 2.45) is 10.8 Å². The first-order chi connectivity index (χ1) is 22.5. The molecule has 0 radical (unpaired) electrons. The van der Waals surface area contributed by atoms with Crippen molar-refractivity contribution < 1.29 is 28.2 Å². The molecule has 2 aliphatic carbocycles. The molecule has 3 amide bonds. The van der Waals surface area contributed by atoms with Crippen LogP contribution in [0.3, 0.4) is 0 Å². The summed E-state index contributed by atoms with van der Waals surface area (Å²) in [4.78, 5) is 48.0. The van der Waals surface area contributed by atoms with Gasteiger partial charge in [0.25, 0.3) is 0 Å². The zero-order chi connectivity index (χ0) is 33.6. The molecular weight excluding hydrogens is 625 g/mol. The van der Waals surface area contributed by atoms with E-state index in [4.69, 9.17) is 26.1 Å². The number of likely N-dealkylation sites (N-methyl/N-ethyl adjacent to an activating group) is 1. The lowest BCUT2D eigenvalue weighted by Crippen LogP contribution is -2.61. The molecular formula is C35H43ClFN5O5. The number of aromatic nitrogens is 2. The number of aromatic amines is 1. The molecule has 12 heteroatoms. The highest BCUT2D eigenvalue weighted by atomic mass is 35.5. The number of halogens is 2. The molecule has 0 bridgehead atoms. The maximum atomic E-state index is 16.8. The number of methoxy groups -OCH3 is 1. The van der Waals surface area contributed by atoms with Crippen LogP contribution in [0.2, 0.25) is 5.02 Å². The van der Waals surface area contributed by atoms with E-state index in [0.29, 0.717) is 22.9 Å². The van der Waals surface area contributed by atoms with Gasteiger partial charge in [0, 0.05) is 29.7 Å². The molecule has 2 heterocycles. The number of H-pyrrole nitrogens is 1. The summed E-state index contributed by atoms with van der Waals surface area (Å²) in [7, 11) is 1.29. The van der Waals surface area contributed by atoms with Gasteiger partial charge in [-0.05, 0) is 67.6 Å². The number of alkyl carbamates (subject to hydrolysis) is 1. The molecule has 4 N–H and O–H groups in total. The molecule has 252 valence electrons. The monoisotopic (exact) mass is 667 g/mol. The second-order valence-electron chi connectivity index (χ2n) is 13.9. The van der Waals surface area contributed by atoms with Crippen molar-refractivity contribution in [3.63, 3.8) is 0 Å². The number of nitrogens with zero attached hydrogens (tertiary/aromatic N) is 1. The maximum Gasteiger partial charge on any atom is 0.407 e. The predicted octanol–water partition coefficient (Wildman–Crippen LogP) is 5.81. The molecule has 1 aliphatic heterocycles. The van der Waals surface area contributed by atoms with Gasteiger partial charge in [-0.1, -0.05) is 56.1 Å². The number of carbonyl (C=O) groups is 3. The normalized spacial score (nSPS) is 22.9. The Labute approximate surface area is 278 Å². The number of hydrogen-bond donors (Lipinski definition) is 4. The number of amides is 3. The van der Waals surface area contributed by atoms with E-state index in [1.54, 1.807) is 12.1 Å². The van der Waals surface area contributed by atoms with Crippen molar-refractivity contribution in [3.05, 3.63) is 64.2 Å². The third-order valence-corrected chi connectivity index (χ3v) is 11.1. The Bertz CT molecular complexity index is 1680. The number of rotatable bonds is 11. The SMILES string of the molecule is CCNC(=O)[C@H](NC(=O)C1(c2ccc3[nH]c([C@@H](NC(=O)OC)[C@H](c4ccccc4Cl)C4(C)CC4)nc3c2F)CCOC1)C1(C)CCC1. The number of imidazole rings is 1. The van der Waals surface area contributed by atoms with Crippen LogP contribution in [-0.2, 0) is 24.5 Å². The highest BCUT2D eigenvalue weighted by Gasteiger charge is 2.52. The predicted molar refractivity (Wildman–Crippen MR) is 176 cm³/mol. The molecule has 3 aromatic rings. The van der Waals surface area contributed by atoms with Crippen LogP contribution in [0, 0.1) is 16.6 Å². The Morgan fingerprint density at radius 2 is 1.81 bits per heavy atom. The minimum Gasteiger partial charge on any atom is -0.453 e. The van der Waals surface area contributed by atoms with E-state index in [9.17, 15) is 14.4 Å². The minimum absolute atomic E-state index is 0.0309. The highest BCUT2D eigenvalue weighted by molar-refractivity contribution is 6.31. The molecule has 2 saturated carbocycles. The van der Waals surface area contributed by atoms with E-state index in [1.807, 2.05) is 38.1 Å². The quantitative estimate of drug-likeness (QED) is 0.204. The van der Waals surface area contributed by atoms with Gasteiger partial charge >= 0.3 is 6.09 Å². The maximum absolute atomic E-state index is 16.8. The molecule has 3 fully saturated rings. The van der Waals surface area contributed by atoms with Crippen LogP contribution in [0.1, 0.15) is 88.2 Å². The lowest BCUT2D eigenvalue weighted by Gasteiger charge is -2.45. The largest absolute Gasteiger partial charge is 0.453 e. The van der Waals surface area contributed by atoms with Crippen LogP contribution in [0.5, 0.6) is 0 Å². The number of nitrogens with one attached hydrogen (secondary N) is 4. The summed E-state index contributed by atoms with van der Waals surface area (Å²) in [6, 6.07) is 9.31. The van der Waals surface area contributed by atoms with Gasteiger partial charge in [0.1, 0.15) is 22.8 Å². The van der Waals surface area contributed by atoms with Crippen LogP contribution in [-0.4, -0.2) is 60.8 Å². The molecule has 3 aliphatic rings. The Morgan fingerprint density at radius 3 is 2.40 bits per heavy atom. The van der Waals surface area contributed by atoms with Crippen LogP contribution < -0.4 is 16.0 Å². The fourth-order valence-corrected chi connectivity index (χ4v) is 7.72. The molecule has 47 heavy (non-hydrogen) atoms. The van der Waals surface area contributed by atoms with Crippen molar-refractivity contribution in [2.75, 3.05) is 26.9 Å². The van der Waals surface area contributed by atoms with Gasteiger partial charge in [0.2, 0.25) is 11.8 Å². The van der Waals surface area contributed by atoms with E-state index in [-0.39, 0.29) is 53.4 Å². The standard InChI is InChI=1S/C35H43ClFN5O5/c1-5-38-30(43)28(34(3)13-8-14-34)42-31(44)35(17-18-47-19-35)21-11-12-23-26(25(21)37)40-29(39-23)27(41-32(45)46-4)24(33(2)15-16-33)20-9-6-7-10-22(20)36/h6-7,9-12,24,27-28H,5,8,13-19H2,1-4H3,(H,38,43)(H,39,40)(H,41,45)(H,42,44)/t24-,27-,28-,35?/m0/s1. The zero-order valence-electron chi connectivity index (χ0n) is 27.3. The molecule has 6 rings (SSSR count). The van der Waals surface area contributed by atoms with Crippen molar-refractivity contribution in [1.29, 1.82) is 0 Å². The lowest BCUT2D eigenvalue weighted by molar-refractivity contribution is -0.137. The molecule has 2 aromatic carbocycles. The second-order valence-corrected chi connectivity index (χ2v) is 14.3. The second kappa shape index (κ2) is 12.7. The van der Waals surface area contributed by atoms with Gasteiger partial charge in [0.15, 0.2) is 5.82 Å². The number of fused-ring (bicyclic) bond motifs is 1. The summed E-state index contributed by atoms with van der Waals surface area (Å²) in [5.41, 5.74) is -0.480. The summed E-state index contributed by atoms with van der Waals surface area (Å²) in [5.74, 6) is -1.29. The van der Waals surface area contributed by atoms with E-state index < -0.39 is 35.3 Å². The van der Waals surface area contributed by atoms with Crippen LogP contribution in [0.25, 0.3) is 11.0 Å². The average Bonchev–Trinajstić information content (AvgIpc) is 3.40. The topological polar surface area (TPSA) is 134 Å². The van der Waals surface area contributed by atoms with E-state index in [1.165, 1.54) is 7.11 Å². The highest BCUT2D eigenvalue weighted by Crippen LogP contribution is 2.60. The lowest BCUT2D eigenvalue weighted by atomic mass is 9.65. The Balaban J connectivity index is 1.40. The zero-order valence-corrected chi connectivity index (χ0v) is 28.1. The first kappa shape index (κ1) is 33.2. The van der Waals surface area contributed by atoms with E-state index >= 15 is 4.39 Å². The smallest absolute Gasteiger partial charge is 0.407 e. The number of hydrogen-bond acceptors (Lipinski definition) is 6. The molecule has 1 aromatic heterocycles. The average molecular weight is 668 g/mol. The van der Waals surface area contributed by atoms with Crippen LogP contribution in [0.15, 0.2) is 36.4 Å². The number of ether oxygens (including phenoxy) is 2. The van der Waals surface area contributed by atoms with Crippen molar-refractivity contribution in [3.8, 4) is 0 Å². The summed E-state index contributed by atoms with van der Waals surface area (Å²) < 4.78 is 27.5. The number of carbonyl (C=O) groups excluding carboxylic acids is 3. The summed E-state index contributed by atoms with van der Waals surface area (Å²) in [6.45, 7) is 6.64. The van der Waals surface area contributed by atoms with Gasteiger partial charge in [-0.3, -0.25) is 9.59 Å². The number of benzene rings is 2. The molecule has 4 atom stereocenters. The summed E-state index contributed by atoms with van der Waals surface area (Å²) in [6.07, 6.45) is 4.01. The van der Waals surface area contributed by atoms with Crippen LogP contribution >= 0.6 is 11.6 Å².